The Bertz CT molecular complexity index is 361. The summed E-state index contributed by atoms with van der Waals surface area (Å²) in [5, 5.41) is 0. The van der Waals surface area contributed by atoms with Crippen molar-refractivity contribution in [2.75, 3.05) is 7.11 Å². The van der Waals surface area contributed by atoms with Crippen molar-refractivity contribution in [2.24, 2.45) is 4.99 Å². The van der Waals surface area contributed by atoms with Crippen LogP contribution in [0.4, 0.5) is 0 Å². The number of aliphatic imine (C=N–C) groups is 1. The molecule has 0 N–H and O–H groups in total. The summed E-state index contributed by atoms with van der Waals surface area (Å²) >= 11 is 0. The molecule has 0 aromatic carbocycles. The predicted octanol–water partition coefficient (Wildman–Crippen LogP) is 1.04. The van der Waals surface area contributed by atoms with E-state index >= 15 is 0 Å². The first-order valence-electron chi connectivity index (χ1n) is 4.03. The van der Waals surface area contributed by atoms with E-state index in [1.165, 1.54) is 6.08 Å². The topological polar surface area (TPSA) is 38.7 Å². The molecule has 0 spiro atoms. The third-order valence-corrected chi connectivity index (χ3v) is 1.99. The summed E-state index contributed by atoms with van der Waals surface area (Å²) in [6.45, 7) is 0. The third kappa shape index (κ3) is 1.51. The van der Waals surface area contributed by atoms with Crippen LogP contribution in [0.2, 0.25) is 0 Å². The van der Waals surface area contributed by atoms with Crippen LogP contribution in [0.15, 0.2) is 40.9 Å². The highest BCUT2D eigenvalue weighted by Crippen LogP contribution is 2.16. The van der Waals surface area contributed by atoms with Gasteiger partial charge in [0.05, 0.1) is 11.8 Å². The van der Waals surface area contributed by atoms with Crippen LogP contribution in [0.1, 0.15) is 0 Å². The largest absolute Gasteiger partial charge is 0.373 e. The van der Waals surface area contributed by atoms with Crippen molar-refractivity contribution in [3.8, 4) is 0 Å². The first-order valence-corrected chi connectivity index (χ1v) is 4.03. The molecule has 0 aromatic heterocycles. The number of methoxy groups -OCH3 is 1. The van der Waals surface area contributed by atoms with Gasteiger partial charge in [0.15, 0.2) is 0 Å². The van der Waals surface area contributed by atoms with Crippen LogP contribution in [0.25, 0.3) is 0 Å². The van der Waals surface area contributed by atoms with Gasteiger partial charge in [-0.25, -0.2) is 4.99 Å². The summed E-state index contributed by atoms with van der Waals surface area (Å²) in [4.78, 5) is 14.8. The molecule has 1 unspecified atom stereocenters. The number of amides is 1. The first-order chi connectivity index (χ1) is 6.29. The molecule has 0 saturated carbocycles. The summed E-state index contributed by atoms with van der Waals surface area (Å²) in [5.41, 5.74) is 1.68. The van der Waals surface area contributed by atoms with Gasteiger partial charge in [0.1, 0.15) is 0 Å². The minimum Gasteiger partial charge on any atom is -0.373 e. The minimum atomic E-state index is -0.201. The van der Waals surface area contributed by atoms with Crippen molar-refractivity contribution in [3.63, 3.8) is 0 Å². The van der Waals surface area contributed by atoms with Gasteiger partial charge in [-0.2, -0.15) is 0 Å². The van der Waals surface area contributed by atoms with Gasteiger partial charge in [-0.15, -0.1) is 0 Å². The monoisotopic (exact) mass is 175 g/mol. The summed E-state index contributed by atoms with van der Waals surface area (Å²) < 4.78 is 5.13. The smallest absolute Gasteiger partial charge is 0.270 e. The number of fused-ring (bicyclic) bond motifs is 1. The fourth-order valence-electron chi connectivity index (χ4n) is 1.31. The zero-order valence-corrected chi connectivity index (χ0v) is 7.23. The highest BCUT2D eigenvalue weighted by molar-refractivity contribution is 6.19. The van der Waals surface area contributed by atoms with Crippen LogP contribution >= 0.6 is 0 Å². The molecule has 1 aliphatic carbocycles. The van der Waals surface area contributed by atoms with Gasteiger partial charge in [-0.05, 0) is 29.9 Å². The molecule has 13 heavy (non-hydrogen) atoms. The van der Waals surface area contributed by atoms with E-state index in [0.717, 1.165) is 11.3 Å². The van der Waals surface area contributed by atoms with Crippen molar-refractivity contribution >= 4 is 11.6 Å². The number of carbonyl (C=O) groups excluding carboxylic acids is 1. The van der Waals surface area contributed by atoms with E-state index < -0.39 is 0 Å². The molecule has 1 amide bonds. The lowest BCUT2D eigenvalue weighted by atomic mass is 10.00. The molecule has 0 aromatic rings. The molecule has 3 nitrogen and oxygen atoms in total. The van der Waals surface area contributed by atoms with E-state index in [1.54, 1.807) is 13.2 Å². The van der Waals surface area contributed by atoms with Crippen LogP contribution in [-0.4, -0.2) is 24.8 Å². The molecule has 0 radical (unpaired) electrons. The van der Waals surface area contributed by atoms with E-state index in [1.807, 2.05) is 18.2 Å². The summed E-state index contributed by atoms with van der Waals surface area (Å²) in [5.74, 6) is -0.201. The van der Waals surface area contributed by atoms with Crippen molar-refractivity contribution in [3.05, 3.63) is 36.0 Å². The molecule has 1 heterocycles. The van der Waals surface area contributed by atoms with E-state index in [0.29, 0.717) is 0 Å². The lowest BCUT2D eigenvalue weighted by Gasteiger charge is -2.15. The Morgan fingerprint density at radius 3 is 3.00 bits per heavy atom. The molecule has 0 saturated heterocycles. The first kappa shape index (κ1) is 8.13. The number of allylic oxidation sites excluding steroid dienone is 3. The number of nitrogens with zero attached hydrogens (tertiary/aromatic N) is 1. The highest BCUT2D eigenvalue weighted by Gasteiger charge is 2.14. The molecule has 1 atom stereocenters. The predicted molar refractivity (Wildman–Crippen MR) is 49.6 cm³/mol. The van der Waals surface area contributed by atoms with E-state index in [9.17, 15) is 4.79 Å². The molecular formula is C10H9NO2. The summed E-state index contributed by atoms with van der Waals surface area (Å²) in [6.07, 6.45) is 8.83. The average molecular weight is 175 g/mol. The van der Waals surface area contributed by atoms with Crippen molar-refractivity contribution < 1.29 is 9.53 Å². The number of carbonyl (C=O) groups is 1. The van der Waals surface area contributed by atoms with Crippen molar-refractivity contribution in [1.82, 2.24) is 0 Å². The lowest BCUT2D eigenvalue weighted by molar-refractivity contribution is -0.113. The molecule has 3 heteroatoms. The molecule has 2 rings (SSSR count). The maximum atomic E-state index is 10.9. The van der Waals surface area contributed by atoms with Gasteiger partial charge in [-0.1, -0.05) is 0 Å². The quantitative estimate of drug-likeness (QED) is 0.597. The number of hydrogen-bond acceptors (Lipinski definition) is 2. The average Bonchev–Trinajstić information content (AvgIpc) is 2.17. The van der Waals surface area contributed by atoms with Crippen LogP contribution in [-0.2, 0) is 9.53 Å². The van der Waals surface area contributed by atoms with Crippen LogP contribution in [0.5, 0.6) is 0 Å². The fourth-order valence-corrected chi connectivity index (χ4v) is 1.31. The Hall–Kier alpha value is -1.48. The number of hydrogen-bond donors (Lipinski definition) is 0. The molecule has 2 aliphatic rings. The number of dihydropyridines is 1. The minimum absolute atomic E-state index is 0.00759. The van der Waals surface area contributed by atoms with Gasteiger partial charge in [0.25, 0.3) is 5.91 Å². The van der Waals surface area contributed by atoms with Crippen LogP contribution < -0.4 is 0 Å². The van der Waals surface area contributed by atoms with Gasteiger partial charge in [-0.3, -0.25) is 4.79 Å². The number of ether oxygens (including phenoxy) is 1. The molecular weight excluding hydrogens is 166 g/mol. The normalized spacial score (nSPS) is 25.3. The molecule has 0 bridgehead atoms. The Labute approximate surface area is 76.1 Å². The van der Waals surface area contributed by atoms with Crippen LogP contribution in [0.3, 0.4) is 0 Å². The van der Waals surface area contributed by atoms with Gasteiger partial charge < -0.3 is 4.74 Å². The third-order valence-electron chi connectivity index (χ3n) is 1.99. The van der Waals surface area contributed by atoms with Crippen molar-refractivity contribution in [2.45, 2.75) is 6.10 Å². The molecule has 1 aliphatic heterocycles. The fraction of sp³-hybridized carbons (Fsp3) is 0.200. The summed E-state index contributed by atoms with van der Waals surface area (Å²) in [7, 11) is 1.64. The maximum absolute atomic E-state index is 10.9. The highest BCUT2D eigenvalue weighted by atomic mass is 16.5. The SMILES string of the molecule is COC1C=CC2=NC(=O)C=CC2=C1. The van der Waals surface area contributed by atoms with Crippen molar-refractivity contribution in [1.29, 1.82) is 0 Å². The second kappa shape index (κ2) is 3.11. The molecule has 0 fully saturated rings. The maximum Gasteiger partial charge on any atom is 0.270 e. The zero-order chi connectivity index (χ0) is 9.26. The Kier molecular flexibility index (Phi) is 1.94. The van der Waals surface area contributed by atoms with E-state index in [2.05, 4.69) is 4.99 Å². The standard InChI is InChI=1S/C10H9NO2/c1-13-8-3-4-9-7(6-8)2-5-10(12)11-9/h2-6,8H,1H3. The Morgan fingerprint density at radius 2 is 2.23 bits per heavy atom. The Balaban J connectivity index is 2.33. The van der Waals surface area contributed by atoms with E-state index in [-0.39, 0.29) is 12.0 Å². The second-order valence-electron chi connectivity index (χ2n) is 2.85. The zero-order valence-electron chi connectivity index (χ0n) is 7.23. The van der Waals surface area contributed by atoms with Gasteiger partial charge in [0, 0.05) is 13.2 Å². The lowest BCUT2D eigenvalue weighted by Crippen LogP contribution is -2.16. The van der Waals surface area contributed by atoms with Gasteiger partial charge >= 0.3 is 0 Å². The summed E-state index contributed by atoms with van der Waals surface area (Å²) in [6, 6.07) is 0. The van der Waals surface area contributed by atoms with E-state index in [4.69, 9.17) is 4.74 Å². The van der Waals surface area contributed by atoms with Gasteiger partial charge in [0.2, 0.25) is 0 Å². The van der Waals surface area contributed by atoms with Crippen LogP contribution in [0, 0.1) is 0 Å². The number of rotatable bonds is 1. The molecule has 66 valence electrons. The second-order valence-corrected chi connectivity index (χ2v) is 2.85. The Morgan fingerprint density at radius 1 is 1.38 bits per heavy atom.